The van der Waals surface area contributed by atoms with Gasteiger partial charge < -0.3 is 4.90 Å². The SMILES string of the molecule is O=[N+]([O-])c1c(Sc2ccc(Cl)cc2)ncnc1N1CCCC1. The zero-order valence-electron chi connectivity index (χ0n) is 11.6. The van der Waals surface area contributed by atoms with E-state index in [1.54, 1.807) is 12.1 Å². The number of anilines is 1. The Balaban J connectivity index is 1.97. The highest BCUT2D eigenvalue weighted by Crippen LogP contribution is 2.38. The Morgan fingerprint density at radius 2 is 1.86 bits per heavy atom. The third-order valence-corrected chi connectivity index (χ3v) is 4.64. The van der Waals surface area contributed by atoms with E-state index in [9.17, 15) is 10.1 Å². The van der Waals surface area contributed by atoms with Crippen LogP contribution in [0.3, 0.4) is 0 Å². The third-order valence-electron chi connectivity index (χ3n) is 3.39. The van der Waals surface area contributed by atoms with Crippen LogP contribution < -0.4 is 4.90 Å². The minimum absolute atomic E-state index is 0.0237. The van der Waals surface area contributed by atoms with E-state index in [0.717, 1.165) is 30.8 Å². The molecule has 22 heavy (non-hydrogen) atoms. The normalized spacial score (nSPS) is 14.3. The number of rotatable bonds is 4. The van der Waals surface area contributed by atoms with Crippen LogP contribution in [0.2, 0.25) is 5.02 Å². The van der Waals surface area contributed by atoms with Crippen molar-refractivity contribution in [3.63, 3.8) is 0 Å². The summed E-state index contributed by atoms with van der Waals surface area (Å²) in [6, 6.07) is 7.12. The molecule has 114 valence electrons. The first-order valence-corrected chi connectivity index (χ1v) is 8.02. The van der Waals surface area contributed by atoms with Crippen molar-refractivity contribution >= 4 is 34.9 Å². The summed E-state index contributed by atoms with van der Waals surface area (Å²) >= 11 is 7.10. The van der Waals surface area contributed by atoms with E-state index in [4.69, 9.17) is 11.6 Å². The molecule has 3 rings (SSSR count). The summed E-state index contributed by atoms with van der Waals surface area (Å²) in [5.41, 5.74) is -0.0237. The summed E-state index contributed by atoms with van der Waals surface area (Å²) in [4.78, 5) is 22.1. The van der Waals surface area contributed by atoms with Crippen molar-refractivity contribution in [3.8, 4) is 0 Å². The summed E-state index contributed by atoms with van der Waals surface area (Å²) in [5.74, 6) is 0.411. The zero-order valence-corrected chi connectivity index (χ0v) is 13.2. The second-order valence-electron chi connectivity index (χ2n) is 4.86. The first-order valence-electron chi connectivity index (χ1n) is 6.83. The van der Waals surface area contributed by atoms with Gasteiger partial charge >= 0.3 is 5.69 Å². The molecule has 0 N–H and O–H groups in total. The van der Waals surface area contributed by atoms with E-state index in [1.807, 2.05) is 17.0 Å². The monoisotopic (exact) mass is 336 g/mol. The largest absolute Gasteiger partial charge is 0.351 e. The van der Waals surface area contributed by atoms with Gasteiger partial charge in [-0.1, -0.05) is 23.4 Å². The van der Waals surface area contributed by atoms with Gasteiger partial charge in [0.05, 0.1) is 4.92 Å². The average Bonchev–Trinajstić information content (AvgIpc) is 3.03. The van der Waals surface area contributed by atoms with Gasteiger partial charge in [-0.05, 0) is 37.1 Å². The molecule has 1 aromatic carbocycles. The molecule has 1 fully saturated rings. The standard InChI is InChI=1S/C14H13ClN4O2S/c15-10-3-5-11(6-4-10)22-14-12(19(20)21)13(16-9-17-14)18-7-1-2-8-18/h3-6,9H,1-2,7-8H2. The Hall–Kier alpha value is -1.86. The van der Waals surface area contributed by atoms with Gasteiger partial charge in [0.2, 0.25) is 5.82 Å². The molecule has 0 saturated carbocycles. The van der Waals surface area contributed by atoms with Crippen molar-refractivity contribution in [2.45, 2.75) is 22.8 Å². The van der Waals surface area contributed by atoms with Crippen LogP contribution in [-0.4, -0.2) is 28.0 Å². The molecule has 6 nitrogen and oxygen atoms in total. The molecule has 0 unspecified atom stereocenters. The summed E-state index contributed by atoms with van der Waals surface area (Å²) < 4.78 is 0. The number of nitro groups is 1. The second kappa shape index (κ2) is 6.50. The molecule has 1 saturated heterocycles. The van der Waals surface area contributed by atoms with Crippen LogP contribution in [0.5, 0.6) is 0 Å². The van der Waals surface area contributed by atoms with Crippen molar-refractivity contribution in [3.05, 3.63) is 45.7 Å². The number of hydrogen-bond donors (Lipinski definition) is 0. The minimum atomic E-state index is -0.397. The number of aromatic nitrogens is 2. The summed E-state index contributed by atoms with van der Waals surface area (Å²) in [5, 5.41) is 12.5. The van der Waals surface area contributed by atoms with E-state index in [0.29, 0.717) is 15.9 Å². The Bertz CT molecular complexity index is 690. The number of benzene rings is 1. The van der Waals surface area contributed by atoms with Crippen LogP contribution in [0, 0.1) is 10.1 Å². The highest BCUT2D eigenvalue weighted by atomic mass is 35.5. The molecule has 1 aromatic heterocycles. The lowest BCUT2D eigenvalue weighted by atomic mass is 10.4. The molecule has 0 spiro atoms. The maximum absolute atomic E-state index is 11.5. The first kappa shape index (κ1) is 15.1. The fourth-order valence-corrected chi connectivity index (χ4v) is 3.35. The van der Waals surface area contributed by atoms with Crippen LogP contribution >= 0.6 is 23.4 Å². The molecule has 0 bridgehead atoms. The van der Waals surface area contributed by atoms with Crippen LogP contribution in [0.25, 0.3) is 0 Å². The van der Waals surface area contributed by atoms with Crippen LogP contribution in [0.4, 0.5) is 11.5 Å². The van der Waals surface area contributed by atoms with Gasteiger partial charge in [-0.2, -0.15) is 0 Å². The van der Waals surface area contributed by atoms with Gasteiger partial charge in [0, 0.05) is 23.0 Å². The Morgan fingerprint density at radius 1 is 1.18 bits per heavy atom. The minimum Gasteiger partial charge on any atom is -0.351 e. The molecule has 1 aliphatic heterocycles. The van der Waals surface area contributed by atoms with Crippen molar-refractivity contribution in [2.75, 3.05) is 18.0 Å². The van der Waals surface area contributed by atoms with Crippen LogP contribution in [-0.2, 0) is 0 Å². The highest BCUT2D eigenvalue weighted by molar-refractivity contribution is 7.99. The predicted octanol–water partition coefficient (Wildman–Crippen LogP) is 3.79. The number of nitrogens with zero attached hydrogens (tertiary/aromatic N) is 4. The van der Waals surface area contributed by atoms with Gasteiger partial charge in [-0.3, -0.25) is 10.1 Å². The number of halogens is 1. The number of hydrogen-bond acceptors (Lipinski definition) is 6. The molecule has 0 aliphatic carbocycles. The summed E-state index contributed by atoms with van der Waals surface area (Å²) in [6.07, 6.45) is 3.44. The van der Waals surface area contributed by atoms with E-state index in [2.05, 4.69) is 9.97 Å². The Morgan fingerprint density at radius 3 is 2.50 bits per heavy atom. The van der Waals surface area contributed by atoms with E-state index < -0.39 is 4.92 Å². The molecule has 2 heterocycles. The van der Waals surface area contributed by atoms with Crippen molar-refractivity contribution in [1.29, 1.82) is 0 Å². The molecule has 8 heteroatoms. The average molecular weight is 337 g/mol. The van der Waals surface area contributed by atoms with Gasteiger partial charge in [-0.25, -0.2) is 9.97 Å². The van der Waals surface area contributed by atoms with E-state index >= 15 is 0 Å². The lowest BCUT2D eigenvalue weighted by molar-refractivity contribution is -0.387. The first-order chi connectivity index (χ1) is 10.6. The van der Waals surface area contributed by atoms with Crippen molar-refractivity contribution in [2.24, 2.45) is 0 Å². The van der Waals surface area contributed by atoms with Gasteiger partial charge in [-0.15, -0.1) is 0 Å². The predicted molar refractivity (Wildman–Crippen MR) is 85.7 cm³/mol. The maximum Gasteiger partial charge on any atom is 0.343 e. The van der Waals surface area contributed by atoms with Gasteiger partial charge in [0.25, 0.3) is 0 Å². The highest BCUT2D eigenvalue weighted by Gasteiger charge is 2.28. The smallest absolute Gasteiger partial charge is 0.343 e. The fourth-order valence-electron chi connectivity index (χ4n) is 2.36. The van der Waals surface area contributed by atoms with Crippen molar-refractivity contribution < 1.29 is 4.92 Å². The molecule has 2 aromatic rings. The zero-order chi connectivity index (χ0) is 15.5. The quantitative estimate of drug-likeness (QED) is 0.480. The topological polar surface area (TPSA) is 72.2 Å². The molecule has 0 atom stereocenters. The van der Waals surface area contributed by atoms with Gasteiger partial charge in [0.1, 0.15) is 6.33 Å². The fraction of sp³-hybridized carbons (Fsp3) is 0.286. The lowest BCUT2D eigenvalue weighted by Crippen LogP contribution is -2.20. The summed E-state index contributed by atoms with van der Waals surface area (Å²) in [6.45, 7) is 1.59. The molecular formula is C14H13ClN4O2S. The molecule has 0 amide bonds. The molecular weight excluding hydrogens is 324 g/mol. The van der Waals surface area contributed by atoms with Crippen molar-refractivity contribution in [1.82, 2.24) is 9.97 Å². The molecule has 1 aliphatic rings. The van der Waals surface area contributed by atoms with Crippen LogP contribution in [0.15, 0.2) is 40.5 Å². The second-order valence-corrected chi connectivity index (χ2v) is 6.36. The maximum atomic E-state index is 11.5. The van der Waals surface area contributed by atoms with Gasteiger partial charge in [0.15, 0.2) is 5.03 Å². The Kier molecular flexibility index (Phi) is 4.44. The Labute approximate surface area is 136 Å². The molecule has 0 radical (unpaired) electrons. The summed E-state index contributed by atoms with van der Waals surface area (Å²) in [7, 11) is 0. The van der Waals surface area contributed by atoms with E-state index in [-0.39, 0.29) is 5.69 Å². The van der Waals surface area contributed by atoms with Crippen LogP contribution in [0.1, 0.15) is 12.8 Å². The van der Waals surface area contributed by atoms with E-state index in [1.165, 1.54) is 18.1 Å². The third kappa shape index (κ3) is 3.15. The lowest BCUT2D eigenvalue weighted by Gasteiger charge is -2.16.